The van der Waals surface area contributed by atoms with Crippen molar-refractivity contribution >= 4 is 29.5 Å². The molecule has 0 saturated heterocycles. The molecule has 7 N–H and O–H groups in total. The Hall–Kier alpha value is -1.36. The molecule has 0 radical (unpaired) electrons. The normalized spacial score (nSPS) is 17.5. The zero-order valence-corrected chi connectivity index (χ0v) is 14.2. The standard InChI is InChI=1S/C13H25N3O6S/c1-6(17)9(14)11(19)16-10(7(2)18)12(20)15-8(13(21)22)4-5-23-3/h6-10,17-18H,4-5,14H2,1-3H3,(H,15,20)(H,16,19)(H,21,22)/t6-,7-,8+,9+,10+/m1/s1. The Bertz CT molecular complexity index is 419. The van der Waals surface area contributed by atoms with Crippen molar-refractivity contribution in [3.05, 3.63) is 0 Å². The molecule has 0 rings (SSSR count). The summed E-state index contributed by atoms with van der Waals surface area (Å²) < 4.78 is 0. The molecule has 0 aliphatic heterocycles. The summed E-state index contributed by atoms with van der Waals surface area (Å²) in [5, 5.41) is 32.5. The summed E-state index contributed by atoms with van der Waals surface area (Å²) in [5.74, 6) is -2.34. The number of aliphatic hydroxyl groups is 2. The predicted octanol–water partition coefficient (Wildman–Crippen LogP) is -2.12. The Morgan fingerprint density at radius 3 is 2.04 bits per heavy atom. The minimum atomic E-state index is -1.37. The highest BCUT2D eigenvalue weighted by atomic mass is 32.2. The van der Waals surface area contributed by atoms with Gasteiger partial charge in [-0.1, -0.05) is 0 Å². The number of nitrogens with two attached hydrogens (primary N) is 1. The topological polar surface area (TPSA) is 162 Å². The van der Waals surface area contributed by atoms with E-state index >= 15 is 0 Å². The van der Waals surface area contributed by atoms with Gasteiger partial charge in [-0.3, -0.25) is 9.59 Å². The Balaban J connectivity index is 4.91. The smallest absolute Gasteiger partial charge is 0.326 e. The highest BCUT2D eigenvalue weighted by molar-refractivity contribution is 7.98. The molecule has 0 aliphatic rings. The maximum Gasteiger partial charge on any atom is 0.326 e. The molecular formula is C13H25N3O6S. The molecule has 10 heteroatoms. The van der Waals surface area contributed by atoms with Crippen LogP contribution in [0.25, 0.3) is 0 Å². The second-order valence-electron chi connectivity index (χ2n) is 5.17. The molecule has 134 valence electrons. The molecule has 23 heavy (non-hydrogen) atoms. The van der Waals surface area contributed by atoms with E-state index in [0.717, 1.165) is 0 Å². The third-order valence-electron chi connectivity index (χ3n) is 3.11. The number of hydrogen-bond donors (Lipinski definition) is 6. The quantitative estimate of drug-likeness (QED) is 0.260. The minimum absolute atomic E-state index is 0.204. The fourth-order valence-electron chi connectivity index (χ4n) is 1.63. The van der Waals surface area contributed by atoms with Crippen LogP contribution in [-0.4, -0.2) is 75.4 Å². The molecule has 0 bridgehead atoms. The highest BCUT2D eigenvalue weighted by Gasteiger charge is 2.31. The summed E-state index contributed by atoms with van der Waals surface area (Å²) in [6.07, 6.45) is -0.399. The van der Waals surface area contributed by atoms with Gasteiger partial charge in [0.15, 0.2) is 0 Å². The van der Waals surface area contributed by atoms with Crippen LogP contribution < -0.4 is 16.4 Å². The largest absolute Gasteiger partial charge is 0.480 e. The van der Waals surface area contributed by atoms with Gasteiger partial charge in [-0.15, -0.1) is 0 Å². The number of carbonyl (C=O) groups excluding carboxylic acids is 2. The van der Waals surface area contributed by atoms with Gasteiger partial charge in [0.1, 0.15) is 18.1 Å². The van der Waals surface area contributed by atoms with Gasteiger partial charge in [-0.2, -0.15) is 11.8 Å². The fraction of sp³-hybridized carbons (Fsp3) is 0.769. The van der Waals surface area contributed by atoms with Crippen LogP contribution in [0, 0.1) is 0 Å². The summed E-state index contributed by atoms with van der Waals surface area (Å²) >= 11 is 1.43. The first-order chi connectivity index (χ1) is 10.6. The SMILES string of the molecule is CSCC[C@H](NC(=O)[C@@H](NC(=O)[C@@H](N)[C@@H](C)O)[C@@H](C)O)C(=O)O. The highest BCUT2D eigenvalue weighted by Crippen LogP contribution is 2.03. The number of nitrogens with one attached hydrogen (secondary N) is 2. The summed E-state index contributed by atoms with van der Waals surface area (Å²) in [7, 11) is 0. The van der Waals surface area contributed by atoms with Crippen LogP contribution in [0.1, 0.15) is 20.3 Å². The van der Waals surface area contributed by atoms with Gasteiger partial charge in [-0.05, 0) is 32.3 Å². The fourth-order valence-corrected chi connectivity index (χ4v) is 2.10. The molecule has 0 saturated carbocycles. The molecule has 0 unspecified atom stereocenters. The number of amides is 2. The first-order valence-electron chi connectivity index (χ1n) is 7.06. The Kier molecular flexibility index (Phi) is 9.80. The van der Waals surface area contributed by atoms with E-state index in [-0.39, 0.29) is 6.42 Å². The van der Waals surface area contributed by atoms with Crippen LogP contribution in [0.15, 0.2) is 0 Å². The summed E-state index contributed by atoms with van der Waals surface area (Å²) in [4.78, 5) is 35.0. The van der Waals surface area contributed by atoms with E-state index in [0.29, 0.717) is 5.75 Å². The van der Waals surface area contributed by atoms with Crippen molar-refractivity contribution in [1.29, 1.82) is 0 Å². The van der Waals surface area contributed by atoms with E-state index in [2.05, 4.69) is 10.6 Å². The minimum Gasteiger partial charge on any atom is -0.480 e. The molecule has 5 atom stereocenters. The Morgan fingerprint density at radius 1 is 1.09 bits per heavy atom. The second kappa shape index (κ2) is 10.4. The van der Waals surface area contributed by atoms with Crippen LogP contribution in [0.4, 0.5) is 0 Å². The van der Waals surface area contributed by atoms with Crippen LogP contribution in [0.2, 0.25) is 0 Å². The zero-order valence-electron chi connectivity index (χ0n) is 13.4. The lowest BCUT2D eigenvalue weighted by atomic mass is 10.1. The molecule has 9 nitrogen and oxygen atoms in total. The van der Waals surface area contributed by atoms with Gasteiger partial charge in [0, 0.05) is 0 Å². The van der Waals surface area contributed by atoms with Gasteiger partial charge in [-0.25, -0.2) is 4.79 Å². The second-order valence-corrected chi connectivity index (χ2v) is 6.16. The first kappa shape index (κ1) is 21.6. The van der Waals surface area contributed by atoms with E-state index in [9.17, 15) is 24.6 Å². The third kappa shape index (κ3) is 7.64. The molecule has 0 heterocycles. The van der Waals surface area contributed by atoms with Crippen molar-refractivity contribution in [1.82, 2.24) is 10.6 Å². The lowest BCUT2D eigenvalue weighted by molar-refractivity contribution is -0.143. The summed E-state index contributed by atoms with van der Waals surface area (Å²) in [6.45, 7) is 2.58. The number of carboxylic acids is 1. The molecule has 0 aromatic heterocycles. The average molecular weight is 351 g/mol. The van der Waals surface area contributed by atoms with Crippen molar-refractivity contribution in [2.24, 2.45) is 5.73 Å². The van der Waals surface area contributed by atoms with Crippen molar-refractivity contribution in [3.63, 3.8) is 0 Å². The van der Waals surface area contributed by atoms with Gasteiger partial charge in [0.05, 0.1) is 12.2 Å². The molecule has 0 aromatic rings. The molecule has 0 aliphatic carbocycles. The van der Waals surface area contributed by atoms with E-state index < -0.39 is 48.1 Å². The number of thioether (sulfide) groups is 1. The predicted molar refractivity (Wildman–Crippen MR) is 85.8 cm³/mol. The van der Waals surface area contributed by atoms with Crippen molar-refractivity contribution in [2.75, 3.05) is 12.0 Å². The van der Waals surface area contributed by atoms with E-state index in [1.165, 1.54) is 25.6 Å². The van der Waals surface area contributed by atoms with Crippen LogP contribution >= 0.6 is 11.8 Å². The van der Waals surface area contributed by atoms with Crippen LogP contribution in [0.3, 0.4) is 0 Å². The third-order valence-corrected chi connectivity index (χ3v) is 3.75. The summed E-state index contributed by atoms with van der Waals surface area (Å²) in [6, 6.07) is -3.77. The number of hydrogen-bond acceptors (Lipinski definition) is 7. The lowest BCUT2D eigenvalue weighted by Crippen LogP contribution is -2.59. The van der Waals surface area contributed by atoms with Gasteiger partial charge >= 0.3 is 5.97 Å². The first-order valence-corrected chi connectivity index (χ1v) is 8.45. The number of rotatable bonds is 10. The maximum atomic E-state index is 12.1. The molecule has 0 spiro atoms. The molecule has 2 amide bonds. The van der Waals surface area contributed by atoms with Gasteiger partial charge in [0.2, 0.25) is 11.8 Å². The number of carbonyl (C=O) groups is 3. The van der Waals surface area contributed by atoms with Gasteiger partial charge in [0.25, 0.3) is 0 Å². The Labute approximate surface area is 139 Å². The number of carboxylic acid groups (broad SMARTS) is 1. The monoisotopic (exact) mass is 351 g/mol. The summed E-state index contributed by atoms with van der Waals surface area (Å²) in [5.41, 5.74) is 5.45. The van der Waals surface area contributed by atoms with Crippen molar-refractivity contribution < 1.29 is 29.7 Å². The van der Waals surface area contributed by atoms with Crippen LogP contribution in [0.5, 0.6) is 0 Å². The van der Waals surface area contributed by atoms with E-state index in [1.54, 1.807) is 6.26 Å². The number of aliphatic carboxylic acids is 1. The van der Waals surface area contributed by atoms with Crippen molar-refractivity contribution in [3.8, 4) is 0 Å². The molecular weight excluding hydrogens is 326 g/mol. The maximum absolute atomic E-state index is 12.1. The zero-order chi connectivity index (χ0) is 18.2. The van der Waals surface area contributed by atoms with Crippen molar-refractivity contribution in [2.45, 2.75) is 50.6 Å². The number of aliphatic hydroxyl groups excluding tert-OH is 2. The van der Waals surface area contributed by atoms with E-state index in [4.69, 9.17) is 10.8 Å². The Morgan fingerprint density at radius 2 is 1.65 bits per heavy atom. The lowest BCUT2D eigenvalue weighted by Gasteiger charge is -2.25. The van der Waals surface area contributed by atoms with Crippen LogP contribution in [-0.2, 0) is 14.4 Å². The molecule has 0 aromatic carbocycles. The average Bonchev–Trinajstić information content (AvgIpc) is 2.46. The van der Waals surface area contributed by atoms with Gasteiger partial charge < -0.3 is 31.7 Å². The molecule has 0 fully saturated rings. The van der Waals surface area contributed by atoms with E-state index in [1.807, 2.05) is 0 Å².